The Hall–Kier alpha value is -1.00. The first kappa shape index (κ1) is 15.1. The molecular formula is C14H22N2OS. The second kappa shape index (κ2) is 6.25. The highest BCUT2D eigenvalue weighted by molar-refractivity contribution is 7.80. The Balaban J connectivity index is 2.56. The van der Waals surface area contributed by atoms with E-state index in [4.69, 9.17) is 0 Å². The number of benzene rings is 1. The van der Waals surface area contributed by atoms with Gasteiger partial charge in [-0.1, -0.05) is 19.9 Å². The lowest BCUT2D eigenvalue weighted by Gasteiger charge is -2.28. The fraction of sp³-hybridized carbons (Fsp3) is 0.500. The van der Waals surface area contributed by atoms with E-state index < -0.39 is 0 Å². The molecule has 0 atom stereocenters. The van der Waals surface area contributed by atoms with Crippen LogP contribution in [0.5, 0.6) is 0 Å². The summed E-state index contributed by atoms with van der Waals surface area (Å²) >= 11 is 4.23. The summed E-state index contributed by atoms with van der Waals surface area (Å²) in [6.07, 6.45) is 0. The molecule has 1 amide bonds. The Morgan fingerprint density at radius 3 is 2.61 bits per heavy atom. The van der Waals surface area contributed by atoms with E-state index in [1.54, 1.807) is 12.1 Å². The minimum atomic E-state index is -0.0438. The van der Waals surface area contributed by atoms with Crippen LogP contribution in [0.1, 0.15) is 24.2 Å². The molecule has 0 radical (unpaired) electrons. The van der Waals surface area contributed by atoms with E-state index in [2.05, 4.69) is 36.7 Å². The van der Waals surface area contributed by atoms with Gasteiger partial charge in [-0.2, -0.15) is 0 Å². The fourth-order valence-corrected chi connectivity index (χ4v) is 2.21. The van der Waals surface area contributed by atoms with E-state index in [-0.39, 0.29) is 11.3 Å². The Morgan fingerprint density at radius 2 is 2.06 bits per heavy atom. The molecule has 4 heteroatoms. The van der Waals surface area contributed by atoms with Crippen LogP contribution >= 0.6 is 12.6 Å². The summed E-state index contributed by atoms with van der Waals surface area (Å²) in [6.45, 7) is 5.87. The summed E-state index contributed by atoms with van der Waals surface area (Å²) in [5.41, 5.74) is 0.709. The molecule has 0 aromatic heterocycles. The van der Waals surface area contributed by atoms with Gasteiger partial charge in [0.05, 0.1) is 0 Å². The number of thiol groups is 1. The van der Waals surface area contributed by atoms with Gasteiger partial charge >= 0.3 is 0 Å². The van der Waals surface area contributed by atoms with Gasteiger partial charge in [-0.25, -0.2) is 0 Å². The molecule has 1 aromatic carbocycles. The third-order valence-corrected chi connectivity index (χ3v) is 2.86. The molecule has 0 aliphatic carbocycles. The van der Waals surface area contributed by atoms with Crippen LogP contribution in [-0.2, 0) is 0 Å². The zero-order valence-electron chi connectivity index (χ0n) is 11.5. The van der Waals surface area contributed by atoms with Crippen LogP contribution < -0.4 is 5.32 Å². The Bertz CT molecular complexity index is 416. The van der Waals surface area contributed by atoms with Gasteiger partial charge in [0.2, 0.25) is 0 Å². The molecule has 0 saturated heterocycles. The SMILES string of the molecule is CN(C)CC(C)(C)CNC(=O)c1cccc(S)c1. The first-order valence-electron chi connectivity index (χ1n) is 6.02. The molecule has 0 unspecified atom stereocenters. The third-order valence-electron chi connectivity index (χ3n) is 2.58. The molecule has 0 aliphatic heterocycles. The summed E-state index contributed by atoms with van der Waals surface area (Å²) in [4.78, 5) is 14.9. The van der Waals surface area contributed by atoms with Crippen molar-refractivity contribution in [1.82, 2.24) is 10.2 Å². The number of carbonyl (C=O) groups is 1. The van der Waals surface area contributed by atoms with Crippen molar-refractivity contribution in [3.05, 3.63) is 29.8 Å². The van der Waals surface area contributed by atoms with Crippen molar-refractivity contribution >= 4 is 18.5 Å². The molecule has 0 bridgehead atoms. The molecule has 100 valence electrons. The summed E-state index contributed by atoms with van der Waals surface area (Å²) in [7, 11) is 4.07. The van der Waals surface area contributed by atoms with Gasteiger partial charge in [-0.15, -0.1) is 12.6 Å². The summed E-state index contributed by atoms with van der Waals surface area (Å²) in [6, 6.07) is 7.27. The smallest absolute Gasteiger partial charge is 0.251 e. The van der Waals surface area contributed by atoms with Crippen molar-refractivity contribution in [1.29, 1.82) is 0 Å². The molecule has 18 heavy (non-hydrogen) atoms. The molecular weight excluding hydrogens is 244 g/mol. The standard InChI is InChI=1S/C14H22N2OS/c1-14(2,10-16(3)4)9-15-13(17)11-6-5-7-12(18)8-11/h5-8,18H,9-10H2,1-4H3,(H,15,17). The van der Waals surface area contributed by atoms with E-state index in [1.165, 1.54) is 0 Å². The molecule has 1 N–H and O–H groups in total. The van der Waals surface area contributed by atoms with Gasteiger partial charge in [0.25, 0.3) is 5.91 Å². The third kappa shape index (κ3) is 5.10. The van der Waals surface area contributed by atoms with Crippen molar-refractivity contribution in [3.8, 4) is 0 Å². The van der Waals surface area contributed by atoms with Gasteiger partial charge in [0, 0.05) is 23.5 Å². The van der Waals surface area contributed by atoms with E-state index >= 15 is 0 Å². The molecule has 0 heterocycles. The number of rotatable bonds is 5. The lowest BCUT2D eigenvalue weighted by Crippen LogP contribution is -2.39. The van der Waals surface area contributed by atoms with E-state index in [0.29, 0.717) is 12.1 Å². The second-order valence-corrected chi connectivity index (χ2v) is 6.15. The lowest BCUT2D eigenvalue weighted by molar-refractivity contribution is 0.0929. The van der Waals surface area contributed by atoms with Crippen LogP contribution in [0.15, 0.2) is 29.2 Å². The molecule has 0 saturated carbocycles. The maximum atomic E-state index is 12.0. The highest BCUT2D eigenvalue weighted by Crippen LogP contribution is 2.15. The Morgan fingerprint density at radius 1 is 1.39 bits per heavy atom. The maximum absolute atomic E-state index is 12.0. The predicted molar refractivity (Wildman–Crippen MR) is 78.4 cm³/mol. The minimum absolute atomic E-state index is 0.0438. The van der Waals surface area contributed by atoms with Crippen LogP contribution in [0.3, 0.4) is 0 Å². The predicted octanol–water partition coefficient (Wildman–Crippen LogP) is 2.29. The van der Waals surface area contributed by atoms with Gasteiger partial charge in [-0.05, 0) is 37.7 Å². The van der Waals surface area contributed by atoms with Crippen LogP contribution in [0, 0.1) is 5.41 Å². The molecule has 0 spiro atoms. The zero-order chi connectivity index (χ0) is 13.8. The number of nitrogens with zero attached hydrogens (tertiary/aromatic N) is 1. The molecule has 3 nitrogen and oxygen atoms in total. The maximum Gasteiger partial charge on any atom is 0.251 e. The van der Waals surface area contributed by atoms with Crippen LogP contribution in [0.2, 0.25) is 0 Å². The fourth-order valence-electron chi connectivity index (χ4n) is 1.98. The number of hydrogen-bond donors (Lipinski definition) is 2. The number of nitrogens with one attached hydrogen (secondary N) is 1. The average Bonchev–Trinajstić information content (AvgIpc) is 2.24. The van der Waals surface area contributed by atoms with Gasteiger partial charge < -0.3 is 10.2 Å². The summed E-state index contributed by atoms with van der Waals surface area (Å²) in [5.74, 6) is -0.0438. The Kier molecular flexibility index (Phi) is 5.23. The van der Waals surface area contributed by atoms with Gasteiger partial charge in [0.15, 0.2) is 0 Å². The first-order chi connectivity index (χ1) is 8.30. The second-order valence-electron chi connectivity index (χ2n) is 5.64. The number of hydrogen-bond acceptors (Lipinski definition) is 3. The average molecular weight is 266 g/mol. The highest BCUT2D eigenvalue weighted by Gasteiger charge is 2.20. The zero-order valence-corrected chi connectivity index (χ0v) is 12.4. The minimum Gasteiger partial charge on any atom is -0.351 e. The monoisotopic (exact) mass is 266 g/mol. The van der Waals surface area contributed by atoms with Crippen molar-refractivity contribution in [3.63, 3.8) is 0 Å². The quantitative estimate of drug-likeness (QED) is 0.802. The molecule has 1 aromatic rings. The normalized spacial score (nSPS) is 11.7. The first-order valence-corrected chi connectivity index (χ1v) is 6.47. The number of amides is 1. The summed E-state index contributed by atoms with van der Waals surface area (Å²) < 4.78 is 0. The van der Waals surface area contributed by atoms with Crippen LogP contribution in [0.25, 0.3) is 0 Å². The molecule has 0 aliphatic rings. The highest BCUT2D eigenvalue weighted by atomic mass is 32.1. The van der Waals surface area contributed by atoms with Crippen LogP contribution in [-0.4, -0.2) is 38.0 Å². The van der Waals surface area contributed by atoms with E-state index in [9.17, 15) is 4.79 Å². The van der Waals surface area contributed by atoms with E-state index in [0.717, 1.165) is 11.4 Å². The molecule has 0 fully saturated rings. The topological polar surface area (TPSA) is 32.3 Å². The van der Waals surface area contributed by atoms with Crippen molar-refractivity contribution < 1.29 is 4.79 Å². The van der Waals surface area contributed by atoms with Crippen molar-refractivity contribution in [2.24, 2.45) is 5.41 Å². The van der Waals surface area contributed by atoms with Crippen molar-refractivity contribution in [2.45, 2.75) is 18.7 Å². The summed E-state index contributed by atoms with van der Waals surface area (Å²) in [5, 5.41) is 2.97. The van der Waals surface area contributed by atoms with E-state index in [1.807, 2.05) is 26.2 Å². The largest absolute Gasteiger partial charge is 0.351 e. The van der Waals surface area contributed by atoms with Crippen molar-refractivity contribution in [2.75, 3.05) is 27.2 Å². The van der Waals surface area contributed by atoms with Gasteiger partial charge in [-0.3, -0.25) is 4.79 Å². The molecule has 1 rings (SSSR count). The number of carbonyl (C=O) groups excluding carboxylic acids is 1. The van der Waals surface area contributed by atoms with Gasteiger partial charge in [0.1, 0.15) is 0 Å². The Labute approximate surface area is 115 Å². The van der Waals surface area contributed by atoms with Crippen LogP contribution in [0.4, 0.5) is 0 Å². The lowest BCUT2D eigenvalue weighted by atomic mass is 9.93.